The van der Waals surface area contributed by atoms with E-state index in [1.165, 1.54) is 0 Å². The van der Waals surface area contributed by atoms with Gasteiger partial charge in [-0.1, -0.05) is 48.2 Å². The van der Waals surface area contributed by atoms with Gasteiger partial charge in [0.2, 0.25) is 0 Å². The van der Waals surface area contributed by atoms with Crippen LogP contribution in [0.4, 0.5) is 0 Å². The van der Waals surface area contributed by atoms with Crippen molar-refractivity contribution in [3.63, 3.8) is 0 Å². The number of carbonyl (C=O) groups excluding carboxylic acids is 1. The highest BCUT2D eigenvalue weighted by Crippen LogP contribution is 2.32. The Hall–Kier alpha value is -3.29. The first kappa shape index (κ1) is 19.0. The summed E-state index contributed by atoms with van der Waals surface area (Å²) >= 11 is 1.57. The van der Waals surface area contributed by atoms with Gasteiger partial charge in [0.1, 0.15) is 5.69 Å². The summed E-state index contributed by atoms with van der Waals surface area (Å²) in [4.78, 5) is 14.5. The molecule has 0 aliphatic rings. The van der Waals surface area contributed by atoms with Gasteiger partial charge in [0, 0.05) is 22.4 Å². The third-order valence-electron chi connectivity index (χ3n) is 4.37. The SMILES string of the molecule is O=C(NCc1ccccc1Sc1ccccc1CO)c1cc(-c2ccco2)[nH]n1. The van der Waals surface area contributed by atoms with Crippen LogP contribution >= 0.6 is 11.8 Å². The van der Waals surface area contributed by atoms with Crippen LogP contribution < -0.4 is 5.32 Å². The summed E-state index contributed by atoms with van der Waals surface area (Å²) in [6, 6.07) is 20.8. The van der Waals surface area contributed by atoms with Gasteiger partial charge in [-0.25, -0.2) is 0 Å². The zero-order valence-corrected chi connectivity index (χ0v) is 16.3. The Bertz CT molecular complexity index is 1110. The summed E-state index contributed by atoms with van der Waals surface area (Å²) in [6.45, 7) is 0.353. The number of amides is 1. The zero-order valence-electron chi connectivity index (χ0n) is 15.5. The third kappa shape index (κ3) is 4.42. The van der Waals surface area contributed by atoms with Gasteiger partial charge in [-0.05, 0) is 35.4 Å². The summed E-state index contributed by atoms with van der Waals surface area (Å²) < 4.78 is 5.31. The molecule has 0 aliphatic heterocycles. The van der Waals surface area contributed by atoms with Crippen LogP contribution in [0.15, 0.2) is 87.2 Å². The minimum atomic E-state index is -0.269. The molecule has 4 rings (SSSR count). The molecule has 1 amide bonds. The minimum absolute atomic E-state index is 0.0146. The van der Waals surface area contributed by atoms with E-state index in [-0.39, 0.29) is 12.5 Å². The fraction of sp³-hybridized carbons (Fsp3) is 0.0909. The van der Waals surface area contributed by atoms with E-state index >= 15 is 0 Å². The van der Waals surface area contributed by atoms with Crippen molar-refractivity contribution in [2.45, 2.75) is 22.9 Å². The maximum atomic E-state index is 12.5. The van der Waals surface area contributed by atoms with E-state index in [4.69, 9.17) is 4.42 Å². The van der Waals surface area contributed by atoms with Gasteiger partial charge < -0.3 is 14.8 Å². The predicted molar refractivity (Wildman–Crippen MR) is 110 cm³/mol. The average Bonchev–Trinajstić information content (AvgIpc) is 3.45. The van der Waals surface area contributed by atoms with E-state index in [0.29, 0.717) is 23.7 Å². The highest BCUT2D eigenvalue weighted by atomic mass is 32.2. The van der Waals surface area contributed by atoms with Crippen molar-refractivity contribution in [2.24, 2.45) is 0 Å². The van der Waals surface area contributed by atoms with Crippen molar-refractivity contribution in [1.29, 1.82) is 0 Å². The van der Waals surface area contributed by atoms with Crippen LogP contribution in [-0.2, 0) is 13.2 Å². The maximum absolute atomic E-state index is 12.5. The first-order chi connectivity index (χ1) is 14.2. The Labute approximate surface area is 172 Å². The number of hydrogen-bond acceptors (Lipinski definition) is 5. The molecule has 2 aromatic carbocycles. The lowest BCUT2D eigenvalue weighted by molar-refractivity contribution is 0.0945. The molecule has 2 aromatic heterocycles. The van der Waals surface area contributed by atoms with Crippen LogP contribution in [0.1, 0.15) is 21.6 Å². The first-order valence-corrected chi connectivity index (χ1v) is 9.88. The Balaban J connectivity index is 1.46. The smallest absolute Gasteiger partial charge is 0.272 e. The normalized spacial score (nSPS) is 10.8. The number of H-pyrrole nitrogens is 1. The molecule has 7 heteroatoms. The monoisotopic (exact) mass is 405 g/mol. The standard InChI is InChI=1S/C22H19N3O3S/c26-14-16-7-2-4-10-21(16)29-20-9-3-1-6-15(20)13-23-22(27)18-12-17(24-25-18)19-8-5-11-28-19/h1-12,26H,13-14H2,(H,23,27)(H,24,25). The Morgan fingerprint density at radius 2 is 1.76 bits per heavy atom. The molecule has 6 nitrogen and oxygen atoms in total. The second-order valence-electron chi connectivity index (χ2n) is 6.30. The summed E-state index contributed by atoms with van der Waals surface area (Å²) in [6.07, 6.45) is 1.57. The molecule has 0 radical (unpaired) electrons. The molecule has 0 atom stereocenters. The number of benzene rings is 2. The quantitative estimate of drug-likeness (QED) is 0.428. The summed E-state index contributed by atoms with van der Waals surface area (Å²) in [5.74, 6) is 0.357. The molecule has 0 aliphatic carbocycles. The number of carbonyl (C=O) groups is 1. The second-order valence-corrected chi connectivity index (χ2v) is 7.39. The van der Waals surface area contributed by atoms with E-state index < -0.39 is 0 Å². The molecule has 2 heterocycles. The number of furan rings is 1. The molecular formula is C22H19N3O3S. The first-order valence-electron chi connectivity index (χ1n) is 9.06. The number of hydrogen-bond donors (Lipinski definition) is 3. The average molecular weight is 405 g/mol. The summed E-state index contributed by atoms with van der Waals surface area (Å²) in [5, 5.41) is 19.3. The van der Waals surface area contributed by atoms with Gasteiger partial charge in [-0.15, -0.1) is 0 Å². The molecular weight excluding hydrogens is 386 g/mol. The van der Waals surface area contributed by atoms with E-state index in [1.54, 1.807) is 36.2 Å². The van der Waals surface area contributed by atoms with Crippen molar-refractivity contribution in [2.75, 3.05) is 0 Å². The maximum Gasteiger partial charge on any atom is 0.272 e. The zero-order chi connectivity index (χ0) is 20.1. The molecule has 0 spiro atoms. The van der Waals surface area contributed by atoms with Gasteiger partial charge >= 0.3 is 0 Å². The lowest BCUT2D eigenvalue weighted by Crippen LogP contribution is -2.23. The highest BCUT2D eigenvalue weighted by molar-refractivity contribution is 7.99. The molecule has 0 fully saturated rings. The number of aromatic amines is 1. The van der Waals surface area contributed by atoms with Gasteiger partial charge in [0.25, 0.3) is 5.91 Å². The predicted octanol–water partition coefficient (Wildman–Crippen LogP) is 4.24. The number of rotatable bonds is 7. The number of nitrogens with zero attached hydrogens (tertiary/aromatic N) is 1. The lowest BCUT2D eigenvalue weighted by atomic mass is 10.2. The Morgan fingerprint density at radius 3 is 2.48 bits per heavy atom. The van der Waals surface area contributed by atoms with Gasteiger partial charge in [-0.2, -0.15) is 5.10 Å². The topological polar surface area (TPSA) is 91.1 Å². The molecule has 4 aromatic rings. The van der Waals surface area contributed by atoms with Crippen LogP contribution in [0.2, 0.25) is 0 Å². The third-order valence-corrected chi connectivity index (χ3v) is 5.61. The van der Waals surface area contributed by atoms with E-state index in [9.17, 15) is 9.90 Å². The van der Waals surface area contributed by atoms with Crippen LogP contribution in [-0.4, -0.2) is 21.2 Å². The van der Waals surface area contributed by atoms with Crippen molar-refractivity contribution in [3.8, 4) is 11.5 Å². The van der Waals surface area contributed by atoms with Crippen LogP contribution in [0.5, 0.6) is 0 Å². The second kappa shape index (κ2) is 8.81. The summed E-state index contributed by atoms with van der Waals surface area (Å²) in [5.41, 5.74) is 2.81. The Kier molecular flexibility index (Phi) is 5.79. The van der Waals surface area contributed by atoms with Crippen molar-refractivity contribution < 1.29 is 14.3 Å². The van der Waals surface area contributed by atoms with Gasteiger partial charge in [0.15, 0.2) is 11.5 Å². The summed E-state index contributed by atoms with van der Waals surface area (Å²) in [7, 11) is 0. The number of nitrogens with one attached hydrogen (secondary N) is 2. The Morgan fingerprint density at radius 1 is 1.03 bits per heavy atom. The molecule has 0 saturated carbocycles. The molecule has 0 bridgehead atoms. The van der Waals surface area contributed by atoms with Crippen LogP contribution in [0.25, 0.3) is 11.5 Å². The molecule has 0 unspecified atom stereocenters. The van der Waals surface area contributed by atoms with Gasteiger partial charge in [-0.3, -0.25) is 9.89 Å². The minimum Gasteiger partial charge on any atom is -0.463 e. The van der Waals surface area contributed by atoms with Gasteiger partial charge in [0.05, 0.1) is 12.9 Å². The van der Waals surface area contributed by atoms with Crippen molar-refractivity contribution >= 4 is 17.7 Å². The van der Waals surface area contributed by atoms with Crippen LogP contribution in [0.3, 0.4) is 0 Å². The van der Waals surface area contributed by atoms with Crippen molar-refractivity contribution in [3.05, 3.63) is 89.8 Å². The fourth-order valence-corrected chi connectivity index (χ4v) is 3.93. The van der Waals surface area contributed by atoms with Crippen molar-refractivity contribution in [1.82, 2.24) is 15.5 Å². The van der Waals surface area contributed by atoms with Crippen LogP contribution in [0, 0.1) is 0 Å². The number of aromatic nitrogens is 2. The molecule has 0 saturated heterocycles. The van der Waals surface area contributed by atoms with E-state index in [2.05, 4.69) is 15.5 Å². The molecule has 3 N–H and O–H groups in total. The lowest BCUT2D eigenvalue weighted by Gasteiger charge is -2.12. The number of aliphatic hydroxyl groups excluding tert-OH is 1. The molecule has 29 heavy (non-hydrogen) atoms. The van der Waals surface area contributed by atoms with E-state index in [1.807, 2.05) is 48.5 Å². The van der Waals surface area contributed by atoms with E-state index in [0.717, 1.165) is 20.9 Å². The fourth-order valence-electron chi connectivity index (χ4n) is 2.86. The number of aliphatic hydroxyl groups is 1. The largest absolute Gasteiger partial charge is 0.463 e. The highest BCUT2D eigenvalue weighted by Gasteiger charge is 2.14. The molecule has 146 valence electrons.